The molecule has 1 heterocycles. The third-order valence-electron chi connectivity index (χ3n) is 1.82. The molecule has 76 valence electrons. The minimum atomic E-state index is -2.77. The molecule has 1 aromatic heterocycles. The summed E-state index contributed by atoms with van der Waals surface area (Å²) < 4.78 is 24.9. The van der Waals surface area contributed by atoms with Gasteiger partial charge >= 0.3 is 0 Å². The second-order valence-electron chi connectivity index (χ2n) is 2.67. The summed E-state index contributed by atoms with van der Waals surface area (Å²) in [5, 5.41) is -0.303. The maximum atomic E-state index is 12.5. The van der Waals surface area contributed by atoms with E-state index in [1.807, 2.05) is 0 Å². The van der Waals surface area contributed by atoms with Crippen molar-refractivity contribution in [3.8, 4) is 0 Å². The molecule has 0 radical (unpaired) electrons. The van der Waals surface area contributed by atoms with Crippen molar-refractivity contribution < 1.29 is 13.6 Å². The molecule has 0 fully saturated rings. The van der Waals surface area contributed by atoms with Crippen LogP contribution in [0.2, 0.25) is 5.15 Å². The van der Waals surface area contributed by atoms with Gasteiger partial charge in [-0.05, 0) is 12.5 Å². The average Bonchev–Trinajstić information content (AvgIpc) is 2.02. The van der Waals surface area contributed by atoms with Gasteiger partial charge < -0.3 is 5.73 Å². The van der Waals surface area contributed by atoms with Crippen molar-refractivity contribution in [3.05, 3.63) is 28.0 Å². The molecule has 1 aromatic rings. The van der Waals surface area contributed by atoms with Crippen molar-refractivity contribution in [1.29, 1.82) is 0 Å². The van der Waals surface area contributed by atoms with Gasteiger partial charge in [0.05, 0.1) is 11.1 Å². The van der Waals surface area contributed by atoms with Crippen molar-refractivity contribution in [2.24, 2.45) is 5.73 Å². The molecule has 2 N–H and O–H groups in total. The molecule has 3 nitrogen and oxygen atoms in total. The molecule has 14 heavy (non-hydrogen) atoms. The van der Waals surface area contributed by atoms with Gasteiger partial charge in [-0.2, -0.15) is 0 Å². The second-order valence-corrected chi connectivity index (χ2v) is 3.02. The predicted molar refractivity (Wildman–Crippen MR) is 47.5 cm³/mol. The number of halogens is 3. The molecule has 0 saturated heterocycles. The summed E-state index contributed by atoms with van der Waals surface area (Å²) in [6, 6.07) is 0. The van der Waals surface area contributed by atoms with E-state index in [0.717, 1.165) is 6.20 Å². The normalized spacial score (nSPS) is 10.6. The van der Waals surface area contributed by atoms with Crippen molar-refractivity contribution in [2.75, 3.05) is 0 Å². The van der Waals surface area contributed by atoms with Crippen LogP contribution >= 0.6 is 11.6 Å². The summed E-state index contributed by atoms with van der Waals surface area (Å²) >= 11 is 5.46. The molecule has 0 aliphatic carbocycles. The number of pyridine rings is 1. The van der Waals surface area contributed by atoms with E-state index in [1.54, 1.807) is 0 Å². The first-order valence-electron chi connectivity index (χ1n) is 3.68. The van der Waals surface area contributed by atoms with Crippen molar-refractivity contribution in [2.45, 2.75) is 13.3 Å². The van der Waals surface area contributed by atoms with Gasteiger partial charge in [0.25, 0.3) is 12.3 Å². The first-order valence-corrected chi connectivity index (χ1v) is 4.06. The van der Waals surface area contributed by atoms with Gasteiger partial charge in [0.15, 0.2) is 0 Å². The van der Waals surface area contributed by atoms with E-state index in [-0.39, 0.29) is 16.3 Å². The highest BCUT2D eigenvalue weighted by Gasteiger charge is 2.20. The number of carbonyl (C=O) groups excluding carboxylic acids is 1. The summed E-state index contributed by atoms with van der Waals surface area (Å²) in [7, 11) is 0. The summed E-state index contributed by atoms with van der Waals surface area (Å²) in [5.74, 6) is -0.798. The first-order chi connectivity index (χ1) is 6.45. The Hall–Kier alpha value is -1.23. The number of nitrogens with zero attached hydrogens (tertiary/aromatic N) is 1. The highest BCUT2D eigenvalue weighted by molar-refractivity contribution is 6.30. The molecular weight excluding hydrogens is 214 g/mol. The zero-order valence-corrected chi connectivity index (χ0v) is 7.98. The Morgan fingerprint density at radius 2 is 2.21 bits per heavy atom. The number of rotatable bonds is 2. The average molecular weight is 221 g/mol. The van der Waals surface area contributed by atoms with Gasteiger partial charge in [-0.15, -0.1) is 0 Å². The Bertz CT molecular complexity index is 382. The molecule has 0 aromatic carbocycles. The van der Waals surface area contributed by atoms with Gasteiger partial charge in [0.1, 0.15) is 5.15 Å². The lowest BCUT2D eigenvalue weighted by Gasteiger charge is -2.08. The third kappa shape index (κ3) is 1.82. The molecule has 0 bridgehead atoms. The van der Waals surface area contributed by atoms with Crippen LogP contribution in [0.3, 0.4) is 0 Å². The van der Waals surface area contributed by atoms with Crippen LogP contribution in [-0.2, 0) is 0 Å². The van der Waals surface area contributed by atoms with Crippen LogP contribution < -0.4 is 5.73 Å². The lowest BCUT2D eigenvalue weighted by Crippen LogP contribution is -2.14. The van der Waals surface area contributed by atoms with E-state index in [2.05, 4.69) is 4.98 Å². The van der Waals surface area contributed by atoms with Crippen LogP contribution in [0.15, 0.2) is 6.20 Å². The van der Waals surface area contributed by atoms with Crippen LogP contribution in [0.4, 0.5) is 8.78 Å². The number of amides is 1. The summed E-state index contributed by atoms with van der Waals surface area (Å²) in [6.07, 6.45) is -1.68. The minimum Gasteiger partial charge on any atom is -0.366 e. The fourth-order valence-electron chi connectivity index (χ4n) is 1.09. The van der Waals surface area contributed by atoms with Gasteiger partial charge in [-0.25, -0.2) is 13.8 Å². The second kappa shape index (κ2) is 3.88. The minimum absolute atomic E-state index is 0.0373. The van der Waals surface area contributed by atoms with Crippen molar-refractivity contribution in [1.82, 2.24) is 4.98 Å². The maximum absolute atomic E-state index is 12.5. The fourth-order valence-corrected chi connectivity index (χ4v) is 1.36. The molecule has 0 unspecified atom stereocenters. The number of hydrogen-bond donors (Lipinski definition) is 1. The van der Waals surface area contributed by atoms with Crippen LogP contribution in [0.1, 0.15) is 27.9 Å². The van der Waals surface area contributed by atoms with E-state index in [1.165, 1.54) is 6.92 Å². The first kappa shape index (κ1) is 10.8. The number of alkyl halides is 2. The van der Waals surface area contributed by atoms with Gasteiger partial charge in [-0.1, -0.05) is 11.6 Å². The van der Waals surface area contributed by atoms with Crippen LogP contribution in [0.5, 0.6) is 0 Å². The maximum Gasteiger partial charge on any atom is 0.267 e. The number of hydrogen-bond acceptors (Lipinski definition) is 2. The number of aromatic nitrogens is 1. The van der Waals surface area contributed by atoms with Gasteiger partial charge in [-0.3, -0.25) is 4.79 Å². The molecule has 1 amide bonds. The molecule has 0 spiro atoms. The molecule has 0 aliphatic rings. The molecule has 6 heteroatoms. The lowest BCUT2D eigenvalue weighted by molar-refractivity contribution is 0.0998. The van der Waals surface area contributed by atoms with E-state index in [4.69, 9.17) is 17.3 Å². The summed E-state index contributed by atoms with van der Waals surface area (Å²) in [5.41, 5.74) is 4.56. The summed E-state index contributed by atoms with van der Waals surface area (Å²) in [4.78, 5) is 14.3. The monoisotopic (exact) mass is 220 g/mol. The summed E-state index contributed by atoms with van der Waals surface area (Å²) in [6.45, 7) is 1.36. The Labute approximate surface area is 83.9 Å². The van der Waals surface area contributed by atoms with Crippen molar-refractivity contribution >= 4 is 17.5 Å². The molecule has 0 aliphatic heterocycles. The quantitative estimate of drug-likeness (QED) is 0.776. The third-order valence-corrected chi connectivity index (χ3v) is 2.12. The SMILES string of the molecule is Cc1c(C(N)=O)cnc(Cl)c1C(F)F. The molecular formula is C8H7ClF2N2O. The number of primary amides is 1. The van der Waals surface area contributed by atoms with E-state index < -0.39 is 17.9 Å². The Balaban J connectivity index is 3.41. The zero-order chi connectivity index (χ0) is 10.9. The van der Waals surface area contributed by atoms with Gasteiger partial charge in [0.2, 0.25) is 0 Å². The number of carbonyl (C=O) groups is 1. The van der Waals surface area contributed by atoms with Gasteiger partial charge in [0, 0.05) is 6.20 Å². The lowest BCUT2D eigenvalue weighted by atomic mass is 10.1. The van der Waals surface area contributed by atoms with E-state index >= 15 is 0 Å². The molecule has 1 rings (SSSR count). The highest BCUT2D eigenvalue weighted by Crippen LogP contribution is 2.29. The standard InChI is InChI=1S/C8H7ClF2N2O/c1-3-4(8(12)14)2-13-6(9)5(3)7(10)11/h2,7H,1H3,(H2,12,14). The van der Waals surface area contributed by atoms with Crippen LogP contribution in [0.25, 0.3) is 0 Å². The highest BCUT2D eigenvalue weighted by atomic mass is 35.5. The largest absolute Gasteiger partial charge is 0.366 e. The Kier molecular flexibility index (Phi) is 3.00. The predicted octanol–water partition coefficient (Wildman–Crippen LogP) is 2.08. The van der Waals surface area contributed by atoms with E-state index in [9.17, 15) is 13.6 Å². The molecule has 0 saturated carbocycles. The van der Waals surface area contributed by atoms with Crippen LogP contribution in [-0.4, -0.2) is 10.9 Å². The molecule has 0 atom stereocenters. The smallest absolute Gasteiger partial charge is 0.267 e. The Morgan fingerprint density at radius 3 is 2.64 bits per heavy atom. The van der Waals surface area contributed by atoms with E-state index in [0.29, 0.717) is 0 Å². The topological polar surface area (TPSA) is 56.0 Å². The van der Waals surface area contributed by atoms with Crippen LogP contribution in [0, 0.1) is 6.92 Å². The zero-order valence-electron chi connectivity index (χ0n) is 7.22. The van der Waals surface area contributed by atoms with Crippen molar-refractivity contribution in [3.63, 3.8) is 0 Å². The fraction of sp³-hybridized carbons (Fsp3) is 0.250. The Morgan fingerprint density at radius 1 is 1.64 bits per heavy atom. The number of nitrogens with two attached hydrogens (primary N) is 1.